The molecule has 18 atom stereocenters. The molecule has 0 spiro atoms. The van der Waals surface area contributed by atoms with Crippen molar-refractivity contribution in [1.82, 2.24) is 10.6 Å². The molecule has 0 aromatic carbocycles. The average molecular weight is 1250 g/mol. The Bertz CT molecular complexity index is 1780. The number of unbranched alkanes of at least 4 members (excludes halogenated alkanes) is 31. The van der Waals surface area contributed by atoms with E-state index in [0.717, 1.165) is 51.9 Å². The number of carbonyl (C=O) groups excluding carboxylic acids is 2. The molecule has 3 aliphatic heterocycles. The number of amides is 2. The van der Waals surface area contributed by atoms with E-state index in [1.165, 1.54) is 154 Å². The Hall–Kier alpha value is -2.27. The van der Waals surface area contributed by atoms with Crippen molar-refractivity contribution < 1.29 is 104 Å². The summed E-state index contributed by atoms with van der Waals surface area (Å²) in [5.41, 5.74) is 0. The van der Waals surface area contributed by atoms with Gasteiger partial charge < -0.3 is 100 Å². The van der Waals surface area contributed by atoms with Crippen LogP contribution in [0.3, 0.4) is 0 Å². The second-order valence-electron chi connectivity index (χ2n) is 25.0. The molecule has 0 aromatic heterocycles. The third kappa shape index (κ3) is 29.1. The molecule has 14 N–H and O–H groups in total. The normalized spacial score (nSPS) is 29.1. The quantitative estimate of drug-likeness (QED) is 0.0342. The minimum atomic E-state index is -3.08. The number of hydrogen-bond acceptors (Lipinski definition) is 20. The molecule has 18 unspecified atom stereocenters. The molecule has 0 aromatic rings. The zero-order valence-corrected chi connectivity index (χ0v) is 53.1. The molecule has 3 rings (SSSR count). The van der Waals surface area contributed by atoms with Gasteiger partial charge in [0, 0.05) is 19.8 Å². The second-order valence-corrected chi connectivity index (χ2v) is 25.0. The van der Waals surface area contributed by atoms with Crippen molar-refractivity contribution in [2.75, 3.05) is 26.4 Å². The van der Waals surface area contributed by atoms with Crippen molar-refractivity contribution in [2.45, 2.75) is 362 Å². The van der Waals surface area contributed by atoms with Crippen molar-refractivity contribution in [1.29, 1.82) is 0 Å². The number of aliphatic carboxylic acids is 1. The summed E-state index contributed by atoms with van der Waals surface area (Å²) in [6.45, 7) is 2.20. The lowest BCUT2D eigenvalue weighted by molar-refractivity contribution is -0.386. The van der Waals surface area contributed by atoms with Gasteiger partial charge in [0.05, 0.1) is 50.7 Å². The highest BCUT2D eigenvalue weighted by Crippen LogP contribution is 2.39. The summed E-state index contributed by atoms with van der Waals surface area (Å²) in [5.74, 6) is -6.09. The van der Waals surface area contributed by atoms with E-state index in [-0.39, 0.29) is 18.9 Å². The summed E-state index contributed by atoms with van der Waals surface area (Å²) < 4.78 is 34.8. The molecule has 2 amide bonds. The van der Waals surface area contributed by atoms with Crippen LogP contribution in [-0.2, 0) is 42.8 Å². The average Bonchev–Trinajstić information content (AvgIpc) is 2.10. The van der Waals surface area contributed by atoms with Crippen LogP contribution in [-0.4, -0.2) is 215 Å². The Kier molecular flexibility index (Phi) is 41.7. The molecule has 87 heavy (non-hydrogen) atoms. The number of aliphatic hydroxyl groups is 11. The van der Waals surface area contributed by atoms with Gasteiger partial charge in [-0.1, -0.05) is 219 Å². The minimum Gasteiger partial charge on any atom is -0.477 e. The zero-order valence-electron chi connectivity index (χ0n) is 53.1. The molecule has 23 heteroatoms. The first kappa shape index (κ1) is 79.0. The third-order valence-electron chi connectivity index (χ3n) is 17.6. The standard InChI is InChI=1S/C64H120N2O21/c1-4-6-8-10-12-14-16-18-19-20-21-22-23-24-25-26-28-30-32-34-36-38-51(74)66-45(46(71)37-35-33-31-29-27-17-15-13-11-9-7-5-2)43-82-61-56(78)55(77)58(50(42-69)84-61)85-62-57(79)60(54(76)49(41-68)83-62)87-64(63(80)81)39-47(72)52(65-44(3)70)59(86-64)53(75)48(73)40-67/h45-50,52-62,67-69,71-73,75-79H,4-43H2,1-3H3,(H,65,70)(H,66,74)(H,80,81). The molecule has 0 radical (unpaired) electrons. The van der Waals surface area contributed by atoms with Gasteiger partial charge in [-0.25, -0.2) is 4.79 Å². The summed E-state index contributed by atoms with van der Waals surface area (Å²) >= 11 is 0. The smallest absolute Gasteiger partial charge is 0.364 e. The number of carboxylic acids is 1. The van der Waals surface area contributed by atoms with Gasteiger partial charge >= 0.3 is 5.97 Å². The lowest BCUT2D eigenvalue weighted by Crippen LogP contribution is -2.70. The van der Waals surface area contributed by atoms with Crippen LogP contribution in [0.2, 0.25) is 0 Å². The Morgan fingerprint density at radius 1 is 0.552 bits per heavy atom. The maximum absolute atomic E-state index is 13.4. The van der Waals surface area contributed by atoms with Crippen LogP contribution < -0.4 is 10.6 Å². The molecule has 512 valence electrons. The van der Waals surface area contributed by atoms with Crippen LogP contribution in [0.5, 0.6) is 0 Å². The lowest BCUT2D eigenvalue weighted by atomic mass is 9.88. The predicted molar refractivity (Wildman–Crippen MR) is 325 cm³/mol. The summed E-state index contributed by atoms with van der Waals surface area (Å²) in [5, 5.41) is 136. The fourth-order valence-corrected chi connectivity index (χ4v) is 12.1. The van der Waals surface area contributed by atoms with E-state index in [4.69, 9.17) is 28.4 Å². The number of nitrogens with one attached hydrogen (secondary N) is 2. The molecule has 3 fully saturated rings. The monoisotopic (exact) mass is 1250 g/mol. The molecule has 3 heterocycles. The Morgan fingerprint density at radius 3 is 1.44 bits per heavy atom. The van der Waals surface area contributed by atoms with E-state index >= 15 is 0 Å². The second kappa shape index (κ2) is 45.9. The number of rotatable bonds is 51. The molecule has 3 aliphatic rings. The topological polar surface area (TPSA) is 373 Å². The zero-order chi connectivity index (χ0) is 64.0. The summed E-state index contributed by atoms with van der Waals surface area (Å²) in [6.07, 6.45) is 11.2. The van der Waals surface area contributed by atoms with Gasteiger partial charge in [0.1, 0.15) is 67.1 Å². The van der Waals surface area contributed by atoms with E-state index in [9.17, 15) is 75.7 Å². The van der Waals surface area contributed by atoms with E-state index in [0.29, 0.717) is 19.3 Å². The molecule has 0 bridgehead atoms. The number of aliphatic hydroxyl groups excluding tert-OH is 11. The van der Waals surface area contributed by atoms with Gasteiger partial charge in [-0.3, -0.25) is 9.59 Å². The largest absolute Gasteiger partial charge is 0.477 e. The van der Waals surface area contributed by atoms with Gasteiger partial charge in [0.2, 0.25) is 11.8 Å². The van der Waals surface area contributed by atoms with Gasteiger partial charge in [-0.05, 0) is 12.8 Å². The van der Waals surface area contributed by atoms with E-state index in [1.807, 2.05) is 0 Å². The van der Waals surface area contributed by atoms with Crippen molar-refractivity contribution >= 4 is 17.8 Å². The van der Waals surface area contributed by atoms with Crippen LogP contribution in [0.15, 0.2) is 0 Å². The van der Waals surface area contributed by atoms with Crippen molar-refractivity contribution in [3.05, 3.63) is 0 Å². The van der Waals surface area contributed by atoms with Crippen molar-refractivity contribution in [2.24, 2.45) is 0 Å². The Morgan fingerprint density at radius 2 is 1.00 bits per heavy atom. The van der Waals surface area contributed by atoms with Gasteiger partial charge in [-0.15, -0.1) is 0 Å². The highest BCUT2D eigenvalue weighted by molar-refractivity contribution is 5.77. The maximum Gasteiger partial charge on any atom is 0.364 e. The molecular weight excluding hydrogens is 1130 g/mol. The maximum atomic E-state index is 13.4. The van der Waals surface area contributed by atoms with Crippen LogP contribution in [0, 0.1) is 0 Å². The minimum absolute atomic E-state index is 0.229. The van der Waals surface area contributed by atoms with E-state index < -0.39 is 148 Å². The van der Waals surface area contributed by atoms with Gasteiger partial charge in [0.25, 0.3) is 5.79 Å². The first-order valence-electron chi connectivity index (χ1n) is 33.9. The fraction of sp³-hybridized carbons (Fsp3) is 0.953. The number of carbonyl (C=O) groups is 3. The van der Waals surface area contributed by atoms with Crippen LogP contribution >= 0.6 is 0 Å². The highest BCUT2D eigenvalue weighted by Gasteiger charge is 2.60. The highest BCUT2D eigenvalue weighted by atomic mass is 16.8. The summed E-state index contributed by atoms with van der Waals surface area (Å²) in [7, 11) is 0. The van der Waals surface area contributed by atoms with Crippen molar-refractivity contribution in [3.8, 4) is 0 Å². The summed E-state index contributed by atoms with van der Waals surface area (Å²) in [6, 6.07) is -2.52. The SMILES string of the molecule is CCCCCCCCCCCCCCCCCCCCCCCC(=O)NC(COC1OC(CO)C(OC2OC(CO)C(O)C(OC3(C(=O)O)CC(O)C(NC(C)=O)C(C(O)C(O)CO)O3)C2O)C(O)C1O)C(O)CCCCCCCCCCCCCC. The van der Waals surface area contributed by atoms with E-state index in [2.05, 4.69) is 24.5 Å². The van der Waals surface area contributed by atoms with Gasteiger partial charge in [0.15, 0.2) is 12.6 Å². The lowest BCUT2D eigenvalue weighted by Gasteiger charge is -2.50. The van der Waals surface area contributed by atoms with Crippen LogP contribution in [0.4, 0.5) is 0 Å². The van der Waals surface area contributed by atoms with Crippen LogP contribution in [0.1, 0.15) is 252 Å². The summed E-state index contributed by atoms with van der Waals surface area (Å²) in [4.78, 5) is 38.5. The molecule has 23 nitrogen and oxygen atoms in total. The Balaban J connectivity index is 1.58. The first-order valence-corrected chi connectivity index (χ1v) is 33.9. The van der Waals surface area contributed by atoms with Crippen LogP contribution in [0.25, 0.3) is 0 Å². The predicted octanol–water partition coefficient (Wildman–Crippen LogP) is 5.34. The first-order chi connectivity index (χ1) is 41.9. The fourth-order valence-electron chi connectivity index (χ4n) is 12.1. The molecule has 3 saturated heterocycles. The van der Waals surface area contributed by atoms with Crippen molar-refractivity contribution in [3.63, 3.8) is 0 Å². The number of hydrogen-bond donors (Lipinski definition) is 14. The number of carboxylic acid groups (broad SMARTS) is 1. The molecule has 0 saturated carbocycles. The van der Waals surface area contributed by atoms with E-state index in [1.54, 1.807) is 0 Å². The number of ether oxygens (including phenoxy) is 6. The third-order valence-corrected chi connectivity index (χ3v) is 17.6. The molecular formula is C64H120N2O21. The molecule has 0 aliphatic carbocycles. The Labute approximate surface area is 519 Å². The van der Waals surface area contributed by atoms with Gasteiger partial charge in [-0.2, -0.15) is 0 Å².